The Hall–Kier alpha value is -2.62. The third-order valence-corrected chi connectivity index (χ3v) is 3.91. The molecular weight excluding hydrogens is 260 g/mol. The van der Waals surface area contributed by atoms with E-state index in [9.17, 15) is 0 Å². The van der Waals surface area contributed by atoms with Gasteiger partial charge in [0.05, 0.1) is 24.8 Å². The molecule has 0 aliphatic carbocycles. The number of benzene rings is 1. The van der Waals surface area contributed by atoms with Crippen LogP contribution in [-0.2, 0) is 13.0 Å². The van der Waals surface area contributed by atoms with Crippen LogP contribution in [-0.4, -0.2) is 21.1 Å². The van der Waals surface area contributed by atoms with Crippen molar-refractivity contribution in [1.29, 1.82) is 0 Å². The minimum absolute atomic E-state index is 0.785. The van der Waals surface area contributed by atoms with Crippen molar-refractivity contribution >= 4 is 5.69 Å². The van der Waals surface area contributed by atoms with Crippen LogP contribution in [0.15, 0.2) is 55.2 Å². The summed E-state index contributed by atoms with van der Waals surface area (Å²) in [6.07, 6.45) is 8.62. The summed E-state index contributed by atoms with van der Waals surface area (Å²) in [4.78, 5) is 8.51. The van der Waals surface area contributed by atoms with Crippen LogP contribution in [0.1, 0.15) is 11.1 Å². The van der Waals surface area contributed by atoms with Crippen LogP contribution in [0.5, 0.6) is 0 Å². The Labute approximate surface area is 123 Å². The smallest absolute Gasteiger partial charge is 0.0954 e. The van der Waals surface area contributed by atoms with E-state index in [-0.39, 0.29) is 0 Å². The Kier molecular flexibility index (Phi) is 2.92. The van der Waals surface area contributed by atoms with Gasteiger partial charge in [0.25, 0.3) is 0 Å². The SMILES string of the molecule is c1cncc(Cn2cncc2-c2cccc3c2NCC3)c1. The molecule has 21 heavy (non-hydrogen) atoms. The Morgan fingerprint density at radius 3 is 3.00 bits per heavy atom. The molecule has 1 aliphatic heterocycles. The topological polar surface area (TPSA) is 42.7 Å². The number of nitrogens with one attached hydrogen (secondary N) is 1. The first-order chi connectivity index (χ1) is 10.4. The van der Waals surface area contributed by atoms with Crippen molar-refractivity contribution in [2.24, 2.45) is 0 Å². The maximum atomic E-state index is 4.33. The van der Waals surface area contributed by atoms with E-state index in [0.717, 1.165) is 25.2 Å². The van der Waals surface area contributed by atoms with Gasteiger partial charge in [-0.25, -0.2) is 4.98 Å². The first kappa shape index (κ1) is 12.1. The molecule has 0 saturated heterocycles. The molecule has 0 spiro atoms. The standard InChI is InChI=1S/C17H16N4/c1-4-14-6-8-20-17(14)15(5-1)16-10-19-12-21(16)11-13-3-2-7-18-9-13/h1-5,7,9-10,12,20H,6,8,11H2. The molecule has 104 valence electrons. The minimum Gasteiger partial charge on any atom is -0.384 e. The Bertz CT molecular complexity index is 761. The van der Waals surface area contributed by atoms with Gasteiger partial charge in [0.2, 0.25) is 0 Å². The maximum Gasteiger partial charge on any atom is 0.0954 e. The zero-order valence-electron chi connectivity index (χ0n) is 11.7. The molecule has 3 aromatic rings. The molecular formula is C17H16N4. The number of pyridine rings is 1. The van der Waals surface area contributed by atoms with Crippen LogP contribution in [0, 0.1) is 0 Å². The number of anilines is 1. The summed E-state index contributed by atoms with van der Waals surface area (Å²) in [6, 6.07) is 10.5. The predicted octanol–water partition coefficient (Wildman–Crippen LogP) is 2.96. The molecule has 0 radical (unpaired) electrons. The van der Waals surface area contributed by atoms with Gasteiger partial charge in [-0.3, -0.25) is 4.98 Å². The number of fused-ring (bicyclic) bond motifs is 1. The first-order valence-electron chi connectivity index (χ1n) is 7.17. The molecule has 1 aliphatic rings. The fourth-order valence-electron chi connectivity index (χ4n) is 2.91. The van der Waals surface area contributed by atoms with Gasteiger partial charge >= 0.3 is 0 Å². The monoisotopic (exact) mass is 276 g/mol. The second kappa shape index (κ2) is 5.05. The van der Waals surface area contributed by atoms with Gasteiger partial charge in [0, 0.05) is 30.2 Å². The van der Waals surface area contributed by atoms with Gasteiger partial charge in [0.1, 0.15) is 0 Å². The van der Waals surface area contributed by atoms with Gasteiger partial charge in [-0.1, -0.05) is 24.3 Å². The fraction of sp³-hybridized carbons (Fsp3) is 0.176. The molecule has 0 unspecified atom stereocenters. The zero-order chi connectivity index (χ0) is 14.1. The molecule has 0 atom stereocenters. The van der Waals surface area contributed by atoms with Crippen LogP contribution in [0.25, 0.3) is 11.3 Å². The minimum atomic E-state index is 0.785. The molecule has 1 aromatic carbocycles. The second-order valence-electron chi connectivity index (χ2n) is 5.28. The molecule has 4 rings (SSSR count). The fourth-order valence-corrected chi connectivity index (χ4v) is 2.91. The lowest BCUT2D eigenvalue weighted by Crippen LogP contribution is -2.02. The van der Waals surface area contributed by atoms with E-state index in [4.69, 9.17) is 0 Å². The number of hydrogen-bond acceptors (Lipinski definition) is 3. The van der Waals surface area contributed by atoms with Gasteiger partial charge in [0.15, 0.2) is 0 Å². The molecule has 4 heteroatoms. The van der Waals surface area contributed by atoms with E-state index < -0.39 is 0 Å². The summed E-state index contributed by atoms with van der Waals surface area (Å²) in [5.74, 6) is 0. The molecule has 3 heterocycles. The highest BCUT2D eigenvalue weighted by Gasteiger charge is 2.17. The molecule has 0 fully saturated rings. The van der Waals surface area contributed by atoms with Gasteiger partial charge < -0.3 is 9.88 Å². The number of nitrogens with zero attached hydrogens (tertiary/aromatic N) is 3. The molecule has 2 aromatic heterocycles. The second-order valence-corrected chi connectivity index (χ2v) is 5.28. The van der Waals surface area contributed by atoms with E-state index >= 15 is 0 Å². The largest absolute Gasteiger partial charge is 0.384 e. The van der Waals surface area contributed by atoms with Crippen LogP contribution >= 0.6 is 0 Å². The van der Waals surface area contributed by atoms with E-state index in [2.05, 4.69) is 44.1 Å². The third-order valence-electron chi connectivity index (χ3n) is 3.91. The molecule has 0 saturated carbocycles. The lowest BCUT2D eigenvalue weighted by molar-refractivity contribution is 0.801. The Balaban J connectivity index is 1.75. The number of para-hydroxylation sites is 1. The normalized spacial score (nSPS) is 13.0. The third kappa shape index (κ3) is 2.18. The first-order valence-corrected chi connectivity index (χ1v) is 7.17. The van der Waals surface area contributed by atoms with Crippen molar-refractivity contribution in [1.82, 2.24) is 14.5 Å². The molecule has 4 nitrogen and oxygen atoms in total. The van der Waals surface area contributed by atoms with Gasteiger partial charge in [-0.2, -0.15) is 0 Å². The lowest BCUT2D eigenvalue weighted by Gasteiger charge is -2.12. The van der Waals surface area contributed by atoms with Crippen molar-refractivity contribution in [3.05, 3.63) is 66.4 Å². The van der Waals surface area contributed by atoms with Crippen LogP contribution in [0.4, 0.5) is 5.69 Å². The van der Waals surface area contributed by atoms with Crippen molar-refractivity contribution in [2.45, 2.75) is 13.0 Å². The zero-order valence-corrected chi connectivity index (χ0v) is 11.7. The van der Waals surface area contributed by atoms with Crippen LogP contribution < -0.4 is 5.32 Å². The number of imidazole rings is 1. The summed E-state index contributed by atoms with van der Waals surface area (Å²) in [6.45, 7) is 1.80. The molecule has 1 N–H and O–H groups in total. The van der Waals surface area contributed by atoms with E-state index in [1.54, 1.807) is 6.20 Å². The van der Waals surface area contributed by atoms with Crippen molar-refractivity contribution in [2.75, 3.05) is 11.9 Å². The van der Waals surface area contributed by atoms with Crippen LogP contribution in [0.3, 0.4) is 0 Å². The van der Waals surface area contributed by atoms with Crippen molar-refractivity contribution in [3.8, 4) is 11.3 Å². The number of hydrogen-bond donors (Lipinski definition) is 1. The molecule has 0 bridgehead atoms. The number of aromatic nitrogens is 3. The van der Waals surface area contributed by atoms with Crippen molar-refractivity contribution < 1.29 is 0 Å². The average molecular weight is 276 g/mol. The summed E-state index contributed by atoms with van der Waals surface area (Å²) in [5.41, 5.74) is 6.20. The summed E-state index contributed by atoms with van der Waals surface area (Å²) >= 11 is 0. The summed E-state index contributed by atoms with van der Waals surface area (Å²) < 4.78 is 2.17. The van der Waals surface area contributed by atoms with Crippen LogP contribution in [0.2, 0.25) is 0 Å². The Morgan fingerprint density at radius 1 is 1.10 bits per heavy atom. The lowest BCUT2D eigenvalue weighted by atomic mass is 10.1. The van der Waals surface area contributed by atoms with Gasteiger partial charge in [-0.15, -0.1) is 0 Å². The highest BCUT2D eigenvalue weighted by atomic mass is 15.0. The van der Waals surface area contributed by atoms with Gasteiger partial charge in [-0.05, 0) is 23.6 Å². The highest BCUT2D eigenvalue weighted by Crippen LogP contribution is 2.34. The van der Waals surface area contributed by atoms with E-state index in [0.29, 0.717) is 0 Å². The Morgan fingerprint density at radius 2 is 2.10 bits per heavy atom. The molecule has 0 amide bonds. The average Bonchev–Trinajstić information content (AvgIpc) is 3.16. The predicted molar refractivity (Wildman–Crippen MR) is 83.2 cm³/mol. The summed E-state index contributed by atoms with van der Waals surface area (Å²) in [5, 5.41) is 3.49. The van der Waals surface area contributed by atoms with Crippen molar-refractivity contribution in [3.63, 3.8) is 0 Å². The maximum absolute atomic E-state index is 4.33. The van der Waals surface area contributed by atoms with E-state index in [1.165, 1.54) is 22.4 Å². The highest BCUT2D eigenvalue weighted by molar-refractivity contribution is 5.79. The quantitative estimate of drug-likeness (QED) is 0.799. The number of rotatable bonds is 3. The summed E-state index contributed by atoms with van der Waals surface area (Å²) in [7, 11) is 0. The van der Waals surface area contributed by atoms with E-state index in [1.807, 2.05) is 24.8 Å².